The van der Waals surface area contributed by atoms with Crippen LogP contribution in [0.15, 0.2) is 24.3 Å². The van der Waals surface area contributed by atoms with E-state index in [-0.39, 0.29) is 6.04 Å². The number of rotatable bonds is 2. The van der Waals surface area contributed by atoms with E-state index >= 15 is 0 Å². The molecule has 0 fully saturated rings. The van der Waals surface area contributed by atoms with Crippen LogP contribution in [0.2, 0.25) is 0 Å². The Morgan fingerprint density at radius 1 is 1.44 bits per heavy atom. The van der Waals surface area contributed by atoms with E-state index in [2.05, 4.69) is 43.0 Å². The quantitative estimate of drug-likeness (QED) is 0.826. The topological polar surface area (TPSA) is 29.3 Å². The zero-order valence-electron chi connectivity index (χ0n) is 10.3. The predicted octanol–water partition coefficient (Wildman–Crippen LogP) is 3.09. The lowest BCUT2D eigenvalue weighted by Crippen LogP contribution is -2.33. The van der Waals surface area contributed by atoms with Crippen LogP contribution in [-0.4, -0.2) is 12.6 Å². The minimum atomic E-state index is 0.213. The minimum absolute atomic E-state index is 0.213. The number of nitrogens with two attached hydrogens (primary N) is 1. The molecule has 0 spiro atoms. The molecule has 16 heavy (non-hydrogen) atoms. The number of hydrogen-bond donors (Lipinski definition) is 1. The van der Waals surface area contributed by atoms with E-state index < -0.39 is 0 Å². The lowest BCUT2D eigenvalue weighted by atomic mass is 10.0. The van der Waals surface area contributed by atoms with E-state index in [0.717, 1.165) is 13.0 Å². The van der Waals surface area contributed by atoms with Crippen molar-refractivity contribution in [3.05, 3.63) is 29.8 Å². The first-order valence-electron chi connectivity index (χ1n) is 6.35. The maximum absolute atomic E-state index is 6.22. The first-order chi connectivity index (χ1) is 7.74. The summed E-state index contributed by atoms with van der Waals surface area (Å²) in [5.74, 6) is 0. The Kier molecular flexibility index (Phi) is 3.49. The normalized spacial score (nSPS) is 22.4. The second-order valence-corrected chi connectivity index (χ2v) is 4.76. The SMILES string of the molecule is CCC(C)N1CCCC(N)c2ccccc21. The molecule has 2 nitrogen and oxygen atoms in total. The van der Waals surface area contributed by atoms with Crippen molar-refractivity contribution in [3.63, 3.8) is 0 Å². The van der Waals surface area contributed by atoms with Gasteiger partial charge in [-0.1, -0.05) is 25.1 Å². The summed E-state index contributed by atoms with van der Waals surface area (Å²) < 4.78 is 0. The van der Waals surface area contributed by atoms with Gasteiger partial charge in [0.1, 0.15) is 0 Å². The molecule has 0 amide bonds. The van der Waals surface area contributed by atoms with Gasteiger partial charge >= 0.3 is 0 Å². The molecule has 2 rings (SSSR count). The molecular formula is C14H22N2. The molecule has 2 heteroatoms. The second-order valence-electron chi connectivity index (χ2n) is 4.76. The van der Waals surface area contributed by atoms with E-state index in [9.17, 15) is 0 Å². The van der Waals surface area contributed by atoms with E-state index in [1.165, 1.54) is 24.1 Å². The monoisotopic (exact) mass is 218 g/mol. The van der Waals surface area contributed by atoms with Gasteiger partial charge in [-0.25, -0.2) is 0 Å². The van der Waals surface area contributed by atoms with Gasteiger partial charge in [-0.2, -0.15) is 0 Å². The molecule has 1 aromatic rings. The molecule has 2 N–H and O–H groups in total. The summed E-state index contributed by atoms with van der Waals surface area (Å²) in [6, 6.07) is 9.43. The van der Waals surface area contributed by atoms with Gasteiger partial charge in [0.2, 0.25) is 0 Å². The Morgan fingerprint density at radius 3 is 2.94 bits per heavy atom. The number of hydrogen-bond acceptors (Lipinski definition) is 2. The first-order valence-corrected chi connectivity index (χ1v) is 6.35. The van der Waals surface area contributed by atoms with Crippen molar-refractivity contribution >= 4 is 5.69 Å². The largest absolute Gasteiger partial charge is 0.369 e. The van der Waals surface area contributed by atoms with Crippen molar-refractivity contribution in [2.75, 3.05) is 11.4 Å². The molecule has 0 bridgehead atoms. The van der Waals surface area contributed by atoms with Crippen LogP contribution >= 0.6 is 0 Å². The fourth-order valence-electron chi connectivity index (χ4n) is 2.50. The summed E-state index contributed by atoms with van der Waals surface area (Å²) in [5, 5.41) is 0. The summed E-state index contributed by atoms with van der Waals surface area (Å²) in [7, 11) is 0. The van der Waals surface area contributed by atoms with Crippen molar-refractivity contribution in [3.8, 4) is 0 Å². The van der Waals surface area contributed by atoms with Crippen LogP contribution in [-0.2, 0) is 0 Å². The Hall–Kier alpha value is -1.02. The molecule has 0 saturated heterocycles. The third-order valence-corrected chi connectivity index (χ3v) is 3.68. The van der Waals surface area contributed by atoms with Crippen LogP contribution in [0.25, 0.3) is 0 Å². The van der Waals surface area contributed by atoms with E-state index in [4.69, 9.17) is 5.73 Å². The number of para-hydroxylation sites is 1. The lowest BCUT2D eigenvalue weighted by molar-refractivity contribution is 0.583. The average molecular weight is 218 g/mol. The fraction of sp³-hybridized carbons (Fsp3) is 0.571. The van der Waals surface area contributed by atoms with Gasteiger partial charge in [0.25, 0.3) is 0 Å². The Morgan fingerprint density at radius 2 is 2.19 bits per heavy atom. The van der Waals surface area contributed by atoms with Crippen LogP contribution < -0.4 is 10.6 Å². The van der Waals surface area contributed by atoms with Gasteiger partial charge in [0.15, 0.2) is 0 Å². The number of anilines is 1. The number of fused-ring (bicyclic) bond motifs is 1. The first kappa shape index (κ1) is 11.5. The standard InChI is InChI=1S/C14H22N2/c1-3-11(2)16-10-6-8-13(15)12-7-4-5-9-14(12)16/h4-5,7,9,11,13H,3,6,8,10,15H2,1-2H3. The molecule has 0 aliphatic carbocycles. The average Bonchev–Trinajstić information content (AvgIpc) is 2.49. The third kappa shape index (κ3) is 2.07. The smallest absolute Gasteiger partial charge is 0.0417 e. The maximum Gasteiger partial charge on any atom is 0.0417 e. The van der Waals surface area contributed by atoms with Gasteiger partial charge in [-0.05, 0) is 37.8 Å². The molecule has 1 aromatic carbocycles. The fourth-order valence-corrected chi connectivity index (χ4v) is 2.50. The summed E-state index contributed by atoms with van der Waals surface area (Å²) in [6.07, 6.45) is 3.48. The van der Waals surface area contributed by atoms with Crippen molar-refractivity contribution in [1.29, 1.82) is 0 Å². The van der Waals surface area contributed by atoms with Gasteiger partial charge < -0.3 is 10.6 Å². The molecule has 0 aromatic heterocycles. The minimum Gasteiger partial charge on any atom is -0.369 e. The Balaban J connectivity index is 2.38. The molecule has 2 unspecified atom stereocenters. The van der Waals surface area contributed by atoms with E-state index in [1.807, 2.05) is 0 Å². The van der Waals surface area contributed by atoms with Crippen molar-refractivity contribution in [1.82, 2.24) is 0 Å². The predicted molar refractivity (Wildman–Crippen MR) is 69.7 cm³/mol. The number of nitrogens with zero attached hydrogens (tertiary/aromatic N) is 1. The highest BCUT2D eigenvalue weighted by molar-refractivity contribution is 5.56. The molecule has 0 radical (unpaired) electrons. The lowest BCUT2D eigenvalue weighted by Gasteiger charge is -2.31. The molecule has 1 aliphatic heterocycles. The summed E-state index contributed by atoms with van der Waals surface area (Å²) in [6.45, 7) is 5.69. The second kappa shape index (κ2) is 4.88. The molecular weight excluding hydrogens is 196 g/mol. The van der Waals surface area contributed by atoms with Gasteiger partial charge in [-0.15, -0.1) is 0 Å². The third-order valence-electron chi connectivity index (χ3n) is 3.68. The van der Waals surface area contributed by atoms with Crippen molar-refractivity contribution in [2.45, 2.75) is 45.2 Å². The highest BCUT2D eigenvalue weighted by atomic mass is 15.2. The van der Waals surface area contributed by atoms with Crippen LogP contribution in [0.1, 0.15) is 44.7 Å². The zero-order valence-corrected chi connectivity index (χ0v) is 10.3. The van der Waals surface area contributed by atoms with Crippen LogP contribution in [0.3, 0.4) is 0 Å². The molecule has 2 atom stereocenters. The molecule has 88 valence electrons. The summed E-state index contributed by atoms with van der Waals surface area (Å²) in [5.41, 5.74) is 8.89. The number of benzene rings is 1. The zero-order chi connectivity index (χ0) is 11.5. The Bertz CT molecular complexity index is 348. The highest BCUT2D eigenvalue weighted by Gasteiger charge is 2.22. The summed E-state index contributed by atoms with van der Waals surface area (Å²) >= 11 is 0. The molecule has 1 aliphatic rings. The van der Waals surface area contributed by atoms with Crippen molar-refractivity contribution in [2.24, 2.45) is 5.73 Å². The Labute approximate surface area is 98.4 Å². The highest BCUT2D eigenvalue weighted by Crippen LogP contribution is 2.32. The van der Waals surface area contributed by atoms with E-state index in [1.54, 1.807) is 0 Å². The van der Waals surface area contributed by atoms with Gasteiger partial charge in [-0.3, -0.25) is 0 Å². The summed E-state index contributed by atoms with van der Waals surface area (Å²) in [4.78, 5) is 2.52. The van der Waals surface area contributed by atoms with Crippen LogP contribution in [0, 0.1) is 0 Å². The molecule has 0 saturated carbocycles. The van der Waals surface area contributed by atoms with Gasteiger partial charge in [0, 0.05) is 24.3 Å². The van der Waals surface area contributed by atoms with Crippen LogP contribution in [0.5, 0.6) is 0 Å². The molecule has 1 heterocycles. The van der Waals surface area contributed by atoms with Gasteiger partial charge in [0.05, 0.1) is 0 Å². The van der Waals surface area contributed by atoms with Crippen LogP contribution in [0.4, 0.5) is 5.69 Å². The van der Waals surface area contributed by atoms with Crippen molar-refractivity contribution < 1.29 is 0 Å². The van der Waals surface area contributed by atoms with E-state index in [0.29, 0.717) is 6.04 Å². The maximum atomic E-state index is 6.22.